The largest absolute Gasteiger partial charge is 0.415 e. The molecule has 0 aliphatic carbocycles. The van der Waals surface area contributed by atoms with Crippen LogP contribution in [0.4, 0.5) is 22.0 Å². The Bertz CT molecular complexity index is 1260. The summed E-state index contributed by atoms with van der Waals surface area (Å²) in [5.74, 6) is -1.82. The van der Waals surface area contributed by atoms with Crippen molar-refractivity contribution in [3.8, 4) is 6.07 Å². The zero-order chi connectivity index (χ0) is 24.9. The summed E-state index contributed by atoms with van der Waals surface area (Å²) >= 11 is 6.94. The normalized spacial score (nSPS) is 27.2. The first-order valence-electron chi connectivity index (χ1n) is 9.81. The van der Waals surface area contributed by atoms with E-state index in [1.807, 2.05) is 6.07 Å². The van der Waals surface area contributed by atoms with E-state index in [2.05, 4.69) is 9.98 Å². The van der Waals surface area contributed by atoms with Crippen LogP contribution in [0.3, 0.4) is 0 Å². The third-order valence-electron chi connectivity index (χ3n) is 6.03. The van der Waals surface area contributed by atoms with E-state index in [-0.39, 0.29) is 38.3 Å². The second-order valence-electron chi connectivity index (χ2n) is 8.15. The number of ether oxygens (including phenoxy) is 1. The molecule has 12 heteroatoms. The van der Waals surface area contributed by atoms with Crippen molar-refractivity contribution < 1.29 is 26.7 Å². The van der Waals surface area contributed by atoms with Crippen molar-refractivity contribution >= 4 is 40.4 Å². The number of nitriles is 1. The number of thioether (sulfide) groups is 1. The van der Waals surface area contributed by atoms with Crippen molar-refractivity contribution in [3.63, 3.8) is 0 Å². The van der Waals surface area contributed by atoms with Gasteiger partial charge in [0.15, 0.2) is 17.1 Å². The van der Waals surface area contributed by atoms with E-state index in [1.165, 1.54) is 25.1 Å². The molecule has 0 radical (unpaired) electrons. The van der Waals surface area contributed by atoms with Crippen molar-refractivity contribution in [2.24, 2.45) is 16.1 Å². The molecule has 0 bridgehead atoms. The second kappa shape index (κ2) is 8.52. The number of hydrogen-bond acceptors (Lipinski definition) is 6. The van der Waals surface area contributed by atoms with Gasteiger partial charge in [-0.25, -0.2) is 13.8 Å². The van der Waals surface area contributed by atoms with Crippen LogP contribution in [0.25, 0.3) is 11.9 Å². The molecule has 0 saturated carbocycles. The standard InChI is InChI=1S/C22H16ClF5N4OS/c1-20-10-34-19(30)32-21(20,9-33-18(20)22(26,27)28)13-4-11(2-3-15(13)24)6-16(25)17-14(23)5-12(7-29)8-31-17/h2-6,8,18H,9-10H2,1H3,(H2,30,32)/b16-6-/t18-,20+,21+/m0/s1. The van der Waals surface area contributed by atoms with Crippen LogP contribution in [0.1, 0.15) is 29.3 Å². The molecule has 3 heterocycles. The lowest BCUT2D eigenvalue weighted by Gasteiger charge is -2.45. The van der Waals surface area contributed by atoms with Gasteiger partial charge in [0.1, 0.15) is 23.1 Å². The van der Waals surface area contributed by atoms with Crippen molar-refractivity contribution in [3.05, 3.63) is 63.7 Å². The maximum Gasteiger partial charge on any atom is 0.415 e. The van der Waals surface area contributed by atoms with Crippen molar-refractivity contribution in [2.75, 3.05) is 12.4 Å². The smallest absolute Gasteiger partial charge is 0.379 e. The van der Waals surface area contributed by atoms with Crippen molar-refractivity contribution in [1.82, 2.24) is 4.98 Å². The average Bonchev–Trinajstić information content (AvgIpc) is 3.08. The van der Waals surface area contributed by atoms with E-state index >= 15 is 4.39 Å². The molecule has 4 rings (SSSR count). The van der Waals surface area contributed by atoms with E-state index in [0.717, 1.165) is 30.1 Å². The molecule has 0 amide bonds. The third kappa shape index (κ3) is 3.93. The van der Waals surface area contributed by atoms with Crippen LogP contribution in [0.5, 0.6) is 0 Å². The topological polar surface area (TPSA) is 84.3 Å². The lowest BCUT2D eigenvalue weighted by atomic mass is 9.67. The van der Waals surface area contributed by atoms with Crippen LogP contribution in [-0.4, -0.2) is 34.8 Å². The zero-order valence-electron chi connectivity index (χ0n) is 17.5. The quantitative estimate of drug-likeness (QED) is 0.552. The maximum absolute atomic E-state index is 15.1. The average molecular weight is 515 g/mol. The molecule has 2 aliphatic rings. The molecule has 1 fully saturated rings. The number of nitrogens with zero attached hydrogens (tertiary/aromatic N) is 3. The summed E-state index contributed by atoms with van der Waals surface area (Å²) in [5.41, 5.74) is 2.25. The molecule has 2 N–H and O–H groups in total. The first-order chi connectivity index (χ1) is 15.9. The number of rotatable bonds is 3. The van der Waals surface area contributed by atoms with Gasteiger partial charge in [0, 0.05) is 22.9 Å². The van der Waals surface area contributed by atoms with Gasteiger partial charge in [-0.1, -0.05) is 36.4 Å². The molecule has 3 atom stereocenters. The Hall–Kier alpha value is -2.68. The van der Waals surface area contributed by atoms with Crippen LogP contribution in [0.2, 0.25) is 5.02 Å². The molecule has 2 aromatic rings. The minimum Gasteiger partial charge on any atom is -0.379 e. The monoisotopic (exact) mass is 514 g/mol. The van der Waals surface area contributed by atoms with Gasteiger partial charge in [-0.05, 0) is 29.8 Å². The van der Waals surface area contributed by atoms with Crippen LogP contribution in [0.15, 0.2) is 35.5 Å². The summed E-state index contributed by atoms with van der Waals surface area (Å²) in [7, 11) is 0. The summed E-state index contributed by atoms with van der Waals surface area (Å²) in [5, 5.41) is 8.79. The Labute approximate surface area is 200 Å². The molecule has 0 unspecified atom stereocenters. The zero-order valence-corrected chi connectivity index (χ0v) is 19.0. The molecule has 178 valence electrons. The predicted molar refractivity (Wildman–Crippen MR) is 119 cm³/mol. The number of aliphatic imine (C=N–C) groups is 1. The minimum absolute atomic E-state index is 0.00369. The van der Waals surface area contributed by atoms with Gasteiger partial charge in [-0.15, -0.1) is 0 Å². The summed E-state index contributed by atoms with van der Waals surface area (Å²) in [6.45, 7) is 0.786. The fourth-order valence-corrected chi connectivity index (χ4v) is 5.62. The SMILES string of the molecule is C[C@]12CSC(N)=N[C@@]1(c1cc(/C=C(\F)c3ncc(C#N)cc3Cl)ccc1F)CO[C@@H]2C(F)(F)F. The Morgan fingerprint density at radius 2 is 2.12 bits per heavy atom. The van der Waals surface area contributed by atoms with Gasteiger partial charge in [0.25, 0.3) is 0 Å². The molecule has 1 saturated heterocycles. The summed E-state index contributed by atoms with van der Waals surface area (Å²) in [6.07, 6.45) is -4.75. The van der Waals surface area contributed by atoms with Crippen LogP contribution in [0, 0.1) is 22.6 Å². The highest BCUT2D eigenvalue weighted by Gasteiger charge is 2.69. The van der Waals surface area contributed by atoms with Crippen molar-refractivity contribution in [2.45, 2.75) is 24.7 Å². The van der Waals surface area contributed by atoms with Gasteiger partial charge in [-0.2, -0.15) is 18.4 Å². The van der Waals surface area contributed by atoms with Crippen molar-refractivity contribution in [1.29, 1.82) is 5.26 Å². The first-order valence-corrected chi connectivity index (χ1v) is 11.2. The lowest BCUT2D eigenvalue weighted by Crippen LogP contribution is -2.54. The Morgan fingerprint density at radius 1 is 1.38 bits per heavy atom. The summed E-state index contributed by atoms with van der Waals surface area (Å²) in [4.78, 5) is 8.09. The number of benzene rings is 1. The van der Waals surface area contributed by atoms with Gasteiger partial charge in [0.2, 0.25) is 0 Å². The predicted octanol–water partition coefficient (Wildman–Crippen LogP) is 5.44. The van der Waals surface area contributed by atoms with Crippen LogP contribution in [-0.2, 0) is 10.3 Å². The van der Waals surface area contributed by atoms with Crippen LogP contribution >= 0.6 is 23.4 Å². The summed E-state index contributed by atoms with van der Waals surface area (Å²) in [6, 6.07) is 6.56. The fraction of sp³-hybridized carbons (Fsp3) is 0.318. The lowest BCUT2D eigenvalue weighted by molar-refractivity contribution is -0.227. The van der Waals surface area contributed by atoms with Gasteiger partial charge >= 0.3 is 6.18 Å². The highest BCUT2D eigenvalue weighted by atomic mass is 35.5. The van der Waals surface area contributed by atoms with Gasteiger partial charge in [0.05, 0.1) is 17.2 Å². The summed E-state index contributed by atoms with van der Waals surface area (Å²) < 4.78 is 76.5. The molecule has 1 aromatic carbocycles. The Morgan fingerprint density at radius 3 is 2.76 bits per heavy atom. The highest BCUT2D eigenvalue weighted by molar-refractivity contribution is 8.13. The second-order valence-corrected chi connectivity index (χ2v) is 9.55. The van der Waals surface area contributed by atoms with Crippen LogP contribution < -0.4 is 5.73 Å². The number of nitrogens with two attached hydrogens (primary N) is 1. The van der Waals surface area contributed by atoms with E-state index in [1.54, 1.807) is 0 Å². The number of aromatic nitrogens is 1. The highest BCUT2D eigenvalue weighted by Crippen LogP contribution is 2.59. The third-order valence-corrected chi connectivity index (χ3v) is 7.45. The number of alkyl halides is 3. The number of fused-ring (bicyclic) bond motifs is 1. The number of halogens is 6. The minimum atomic E-state index is -4.71. The fourth-order valence-electron chi connectivity index (χ4n) is 4.31. The molecule has 2 aliphatic heterocycles. The molecular weight excluding hydrogens is 499 g/mol. The maximum atomic E-state index is 15.1. The molecular formula is C22H16ClF5N4OS. The number of pyridine rings is 1. The molecule has 1 aromatic heterocycles. The first kappa shape index (κ1) is 24.4. The van der Waals surface area contributed by atoms with Gasteiger partial charge in [-0.3, -0.25) is 4.98 Å². The number of hydrogen-bond donors (Lipinski definition) is 1. The number of amidine groups is 1. The van der Waals surface area contributed by atoms with E-state index in [4.69, 9.17) is 27.3 Å². The molecule has 0 spiro atoms. The van der Waals surface area contributed by atoms with Gasteiger partial charge < -0.3 is 10.5 Å². The Kier molecular flexibility index (Phi) is 6.12. The van der Waals surface area contributed by atoms with E-state index in [0.29, 0.717) is 0 Å². The Balaban J connectivity index is 1.83. The molecule has 34 heavy (non-hydrogen) atoms. The van der Waals surface area contributed by atoms with E-state index < -0.39 is 41.5 Å². The molecule has 5 nitrogen and oxygen atoms in total. The van der Waals surface area contributed by atoms with E-state index in [9.17, 15) is 17.6 Å².